The first kappa shape index (κ1) is 14.4. The Balaban J connectivity index is 1.55. The molecule has 1 aliphatic rings. The van der Waals surface area contributed by atoms with Gasteiger partial charge in [0.1, 0.15) is 0 Å². The van der Waals surface area contributed by atoms with Crippen molar-refractivity contribution in [1.82, 2.24) is 5.32 Å². The molecule has 1 heterocycles. The third-order valence-corrected chi connectivity index (χ3v) is 3.72. The van der Waals surface area contributed by atoms with E-state index < -0.39 is 0 Å². The number of hydrogen-bond acceptors (Lipinski definition) is 3. The summed E-state index contributed by atoms with van der Waals surface area (Å²) in [5.74, 6) is 1.23. The van der Waals surface area contributed by atoms with Crippen LogP contribution in [0.5, 0.6) is 11.5 Å². The fourth-order valence-corrected chi connectivity index (χ4v) is 2.44. The Hall–Kier alpha value is -2.49. The fraction of sp³-hybridized carbons (Fsp3) is 0.278. The van der Waals surface area contributed by atoms with Crippen LogP contribution in [0.4, 0.5) is 0 Å². The molecule has 3 rings (SSSR count). The lowest BCUT2D eigenvalue weighted by Gasteiger charge is -2.14. The Morgan fingerprint density at radius 2 is 1.91 bits per heavy atom. The third-order valence-electron chi connectivity index (χ3n) is 3.72. The lowest BCUT2D eigenvalue weighted by Crippen LogP contribution is -2.32. The quantitative estimate of drug-likeness (QED) is 0.922. The predicted octanol–water partition coefficient (Wildman–Crippen LogP) is 3.17. The van der Waals surface area contributed by atoms with E-state index in [9.17, 15) is 4.79 Å². The van der Waals surface area contributed by atoms with Crippen LogP contribution in [-0.2, 0) is 6.42 Å². The smallest absolute Gasteiger partial charge is 0.251 e. The number of ether oxygens (including phenoxy) is 2. The second-order valence-corrected chi connectivity index (χ2v) is 5.47. The maximum atomic E-state index is 12.3. The van der Waals surface area contributed by atoms with E-state index in [1.807, 2.05) is 25.1 Å². The highest BCUT2D eigenvalue weighted by Gasteiger charge is 2.17. The van der Waals surface area contributed by atoms with Gasteiger partial charge in [0.25, 0.3) is 5.91 Å². The molecule has 114 valence electrons. The van der Waals surface area contributed by atoms with Crippen molar-refractivity contribution in [1.29, 1.82) is 0 Å². The first-order valence-corrected chi connectivity index (χ1v) is 7.47. The summed E-state index contributed by atoms with van der Waals surface area (Å²) in [5.41, 5.74) is 1.88. The first-order chi connectivity index (χ1) is 10.7. The average Bonchev–Trinajstić information content (AvgIpc) is 3.01. The van der Waals surface area contributed by atoms with Crippen LogP contribution in [0.2, 0.25) is 0 Å². The number of hydrogen-bond donors (Lipinski definition) is 1. The molecule has 2 aromatic rings. The molecule has 1 aliphatic heterocycles. The predicted molar refractivity (Wildman–Crippen MR) is 84.3 cm³/mol. The zero-order valence-corrected chi connectivity index (χ0v) is 12.5. The maximum absolute atomic E-state index is 12.3. The molecular formula is C18H19NO3. The highest BCUT2D eigenvalue weighted by molar-refractivity contribution is 5.95. The summed E-state index contributed by atoms with van der Waals surface area (Å²) >= 11 is 0. The fourth-order valence-electron chi connectivity index (χ4n) is 2.44. The maximum Gasteiger partial charge on any atom is 0.251 e. The van der Waals surface area contributed by atoms with Crippen LogP contribution in [-0.4, -0.2) is 18.7 Å². The Morgan fingerprint density at radius 1 is 1.14 bits per heavy atom. The molecule has 0 aliphatic carbocycles. The van der Waals surface area contributed by atoms with E-state index in [4.69, 9.17) is 9.47 Å². The zero-order valence-electron chi connectivity index (χ0n) is 12.5. The summed E-state index contributed by atoms with van der Waals surface area (Å²) in [4.78, 5) is 12.3. The van der Waals surface area contributed by atoms with Gasteiger partial charge in [-0.3, -0.25) is 4.79 Å². The highest BCUT2D eigenvalue weighted by Crippen LogP contribution is 2.32. The topological polar surface area (TPSA) is 47.6 Å². The summed E-state index contributed by atoms with van der Waals surface area (Å²) in [7, 11) is 0. The number of rotatable bonds is 5. The molecule has 0 fully saturated rings. The SMILES string of the molecule is CC(CCc1ccccc1)NC(=O)c1ccc2c(c1)OCO2. The Labute approximate surface area is 130 Å². The van der Waals surface area contributed by atoms with Crippen molar-refractivity contribution < 1.29 is 14.3 Å². The second-order valence-electron chi connectivity index (χ2n) is 5.47. The van der Waals surface area contributed by atoms with E-state index in [0.717, 1.165) is 12.8 Å². The molecule has 1 N–H and O–H groups in total. The molecule has 22 heavy (non-hydrogen) atoms. The van der Waals surface area contributed by atoms with Crippen LogP contribution in [0.25, 0.3) is 0 Å². The summed E-state index contributed by atoms with van der Waals surface area (Å²) in [6.45, 7) is 2.24. The van der Waals surface area contributed by atoms with Gasteiger partial charge in [0, 0.05) is 11.6 Å². The number of carbonyl (C=O) groups is 1. The number of nitrogens with one attached hydrogen (secondary N) is 1. The van der Waals surface area contributed by atoms with Crippen LogP contribution < -0.4 is 14.8 Å². The van der Waals surface area contributed by atoms with E-state index in [0.29, 0.717) is 17.1 Å². The van der Waals surface area contributed by atoms with E-state index >= 15 is 0 Å². The van der Waals surface area contributed by atoms with Crippen LogP contribution in [0.15, 0.2) is 48.5 Å². The minimum Gasteiger partial charge on any atom is -0.454 e. The summed E-state index contributed by atoms with van der Waals surface area (Å²) in [6.07, 6.45) is 1.85. The standard InChI is InChI=1S/C18H19NO3/c1-13(7-8-14-5-3-2-4-6-14)19-18(20)15-9-10-16-17(11-15)22-12-21-16/h2-6,9-11,13H,7-8,12H2,1H3,(H,19,20). The van der Waals surface area contributed by atoms with Crippen LogP contribution in [0, 0.1) is 0 Å². The minimum atomic E-state index is -0.0844. The van der Waals surface area contributed by atoms with Crippen molar-refractivity contribution in [2.24, 2.45) is 0 Å². The van der Waals surface area contributed by atoms with Crippen LogP contribution >= 0.6 is 0 Å². The van der Waals surface area contributed by atoms with Gasteiger partial charge in [-0.25, -0.2) is 0 Å². The van der Waals surface area contributed by atoms with Gasteiger partial charge in [0.05, 0.1) is 0 Å². The van der Waals surface area contributed by atoms with Gasteiger partial charge in [-0.2, -0.15) is 0 Å². The highest BCUT2D eigenvalue weighted by atomic mass is 16.7. The molecule has 1 unspecified atom stereocenters. The first-order valence-electron chi connectivity index (χ1n) is 7.47. The average molecular weight is 297 g/mol. The molecule has 0 spiro atoms. The van der Waals surface area contributed by atoms with Crippen molar-refractivity contribution in [3.63, 3.8) is 0 Å². The Bertz CT molecular complexity index is 655. The van der Waals surface area contributed by atoms with Crippen molar-refractivity contribution in [3.05, 3.63) is 59.7 Å². The largest absolute Gasteiger partial charge is 0.454 e. The van der Waals surface area contributed by atoms with Crippen molar-refractivity contribution in [3.8, 4) is 11.5 Å². The molecule has 4 heteroatoms. The van der Waals surface area contributed by atoms with E-state index in [1.165, 1.54) is 5.56 Å². The van der Waals surface area contributed by atoms with Gasteiger partial charge in [0.15, 0.2) is 11.5 Å². The molecule has 0 bridgehead atoms. The molecular weight excluding hydrogens is 278 g/mol. The molecule has 1 atom stereocenters. The third kappa shape index (κ3) is 3.39. The molecule has 0 saturated carbocycles. The lowest BCUT2D eigenvalue weighted by molar-refractivity contribution is 0.0938. The zero-order chi connectivity index (χ0) is 15.4. The molecule has 4 nitrogen and oxygen atoms in total. The number of aryl methyl sites for hydroxylation is 1. The van der Waals surface area contributed by atoms with Gasteiger partial charge >= 0.3 is 0 Å². The molecule has 0 radical (unpaired) electrons. The number of amides is 1. The number of carbonyl (C=O) groups excluding carboxylic acids is 1. The van der Waals surface area contributed by atoms with E-state index in [1.54, 1.807) is 18.2 Å². The number of fused-ring (bicyclic) bond motifs is 1. The van der Waals surface area contributed by atoms with Crippen LogP contribution in [0.1, 0.15) is 29.3 Å². The summed E-state index contributed by atoms with van der Waals surface area (Å²) < 4.78 is 10.5. The molecule has 1 amide bonds. The van der Waals surface area contributed by atoms with E-state index in [-0.39, 0.29) is 18.7 Å². The normalized spacial score (nSPS) is 13.7. The Morgan fingerprint density at radius 3 is 2.73 bits per heavy atom. The lowest BCUT2D eigenvalue weighted by atomic mass is 10.1. The monoisotopic (exact) mass is 297 g/mol. The van der Waals surface area contributed by atoms with Gasteiger partial charge < -0.3 is 14.8 Å². The van der Waals surface area contributed by atoms with Crippen molar-refractivity contribution in [2.45, 2.75) is 25.8 Å². The van der Waals surface area contributed by atoms with Crippen molar-refractivity contribution in [2.75, 3.05) is 6.79 Å². The molecule has 2 aromatic carbocycles. The van der Waals surface area contributed by atoms with E-state index in [2.05, 4.69) is 17.4 Å². The molecule has 0 saturated heterocycles. The van der Waals surface area contributed by atoms with Gasteiger partial charge in [0.2, 0.25) is 6.79 Å². The van der Waals surface area contributed by atoms with Gasteiger partial charge in [-0.1, -0.05) is 30.3 Å². The molecule has 0 aromatic heterocycles. The summed E-state index contributed by atoms with van der Waals surface area (Å²) in [5, 5.41) is 3.02. The minimum absolute atomic E-state index is 0.0844. The van der Waals surface area contributed by atoms with Gasteiger partial charge in [-0.15, -0.1) is 0 Å². The summed E-state index contributed by atoms with van der Waals surface area (Å²) in [6, 6.07) is 15.6. The second kappa shape index (κ2) is 6.52. The number of benzene rings is 2. The van der Waals surface area contributed by atoms with Gasteiger partial charge in [-0.05, 0) is 43.5 Å². The van der Waals surface area contributed by atoms with Crippen molar-refractivity contribution >= 4 is 5.91 Å². The van der Waals surface area contributed by atoms with Crippen LogP contribution in [0.3, 0.4) is 0 Å². The Kier molecular flexibility index (Phi) is 4.28.